The van der Waals surface area contributed by atoms with E-state index < -0.39 is 5.97 Å². The molecule has 0 aliphatic heterocycles. The molecule has 1 aliphatic rings. The average Bonchev–Trinajstić information content (AvgIpc) is 3.36. The zero-order valence-electron chi connectivity index (χ0n) is 12.8. The van der Waals surface area contributed by atoms with E-state index in [0.717, 1.165) is 12.4 Å². The number of aromatic nitrogens is 2. The molecular formula is C17H19N3O2. The predicted octanol–water partition coefficient (Wildman–Crippen LogP) is 2.43. The van der Waals surface area contributed by atoms with Crippen molar-refractivity contribution < 1.29 is 9.53 Å². The van der Waals surface area contributed by atoms with E-state index in [0.29, 0.717) is 0 Å². The number of rotatable bonds is 5. The lowest BCUT2D eigenvalue weighted by Gasteiger charge is -2.24. The third kappa shape index (κ3) is 2.79. The molecule has 114 valence electrons. The minimum Gasteiger partial charge on any atom is -0.464 e. The molecule has 1 aromatic carbocycles. The molecule has 0 bridgehead atoms. The van der Waals surface area contributed by atoms with Gasteiger partial charge in [-0.1, -0.05) is 30.3 Å². The van der Waals surface area contributed by atoms with E-state index >= 15 is 0 Å². The van der Waals surface area contributed by atoms with Crippen LogP contribution >= 0.6 is 0 Å². The Bertz CT molecular complexity index is 651. The van der Waals surface area contributed by atoms with Gasteiger partial charge in [0.1, 0.15) is 0 Å². The summed E-state index contributed by atoms with van der Waals surface area (Å²) in [7, 11) is 3.34. The zero-order chi connectivity index (χ0) is 15.6. The molecule has 0 N–H and O–H groups in total. The minimum atomic E-state index is -0.468. The van der Waals surface area contributed by atoms with Gasteiger partial charge in [0.05, 0.1) is 7.11 Å². The van der Waals surface area contributed by atoms with Crippen molar-refractivity contribution in [3.05, 3.63) is 53.7 Å². The number of hydrogen-bond donors (Lipinski definition) is 0. The Morgan fingerprint density at radius 2 is 1.91 bits per heavy atom. The number of esters is 1. The number of nitrogens with zero attached hydrogens (tertiary/aromatic N) is 3. The summed E-state index contributed by atoms with van der Waals surface area (Å²) in [4.78, 5) is 13.5. The molecule has 1 fully saturated rings. The van der Waals surface area contributed by atoms with Gasteiger partial charge in [0.2, 0.25) is 0 Å². The van der Waals surface area contributed by atoms with Crippen LogP contribution < -0.4 is 4.90 Å². The lowest BCUT2D eigenvalue weighted by molar-refractivity contribution is 0.0592. The van der Waals surface area contributed by atoms with Crippen LogP contribution in [0.15, 0.2) is 42.5 Å². The highest BCUT2D eigenvalue weighted by atomic mass is 16.5. The fourth-order valence-corrected chi connectivity index (χ4v) is 2.76. The summed E-state index contributed by atoms with van der Waals surface area (Å²) < 4.78 is 4.63. The van der Waals surface area contributed by atoms with E-state index in [-0.39, 0.29) is 11.1 Å². The summed E-state index contributed by atoms with van der Waals surface area (Å²) >= 11 is 0. The van der Waals surface area contributed by atoms with Gasteiger partial charge in [0.25, 0.3) is 0 Å². The number of benzene rings is 1. The molecule has 0 amide bonds. The Hall–Kier alpha value is -2.43. The Balaban J connectivity index is 1.72. The van der Waals surface area contributed by atoms with Crippen LogP contribution in [0.5, 0.6) is 0 Å². The Morgan fingerprint density at radius 3 is 2.45 bits per heavy atom. The number of hydrogen-bond acceptors (Lipinski definition) is 5. The molecule has 1 heterocycles. The smallest absolute Gasteiger partial charge is 0.358 e. The van der Waals surface area contributed by atoms with Gasteiger partial charge in [0, 0.05) is 19.0 Å². The standard InChI is InChI=1S/C17H19N3O2/c1-20(15-9-8-14(18-19-15)16(21)22-2)12-17(10-11-17)13-6-4-3-5-7-13/h3-9H,10-12H2,1-2H3. The normalized spacial score (nSPS) is 15.2. The van der Waals surface area contributed by atoms with Gasteiger partial charge in [-0.15, -0.1) is 10.2 Å². The summed E-state index contributed by atoms with van der Waals surface area (Å²) in [6.45, 7) is 0.892. The second-order valence-electron chi connectivity index (χ2n) is 5.77. The summed E-state index contributed by atoms with van der Waals surface area (Å²) in [5, 5.41) is 8.06. The molecule has 5 nitrogen and oxygen atoms in total. The Kier molecular flexibility index (Phi) is 3.79. The topological polar surface area (TPSA) is 55.3 Å². The van der Waals surface area contributed by atoms with E-state index in [4.69, 9.17) is 0 Å². The molecule has 0 atom stereocenters. The van der Waals surface area contributed by atoms with Gasteiger partial charge in [0.15, 0.2) is 11.5 Å². The third-order valence-electron chi connectivity index (χ3n) is 4.22. The summed E-state index contributed by atoms with van der Waals surface area (Å²) in [6.07, 6.45) is 2.38. The molecule has 0 spiro atoms. The number of anilines is 1. The third-order valence-corrected chi connectivity index (χ3v) is 4.22. The van der Waals surface area contributed by atoms with Crippen LogP contribution in [-0.2, 0) is 10.2 Å². The van der Waals surface area contributed by atoms with Crippen LogP contribution in [0, 0.1) is 0 Å². The fraction of sp³-hybridized carbons (Fsp3) is 0.353. The second kappa shape index (κ2) is 5.75. The first-order chi connectivity index (χ1) is 10.6. The van der Waals surface area contributed by atoms with Crippen molar-refractivity contribution in [2.24, 2.45) is 0 Å². The van der Waals surface area contributed by atoms with Crippen molar-refractivity contribution in [1.29, 1.82) is 0 Å². The lowest BCUT2D eigenvalue weighted by atomic mass is 9.95. The number of carbonyl (C=O) groups excluding carboxylic acids is 1. The highest BCUT2D eigenvalue weighted by Gasteiger charge is 2.45. The molecule has 0 unspecified atom stereocenters. The summed E-state index contributed by atoms with van der Waals surface area (Å²) in [5.74, 6) is 0.291. The lowest BCUT2D eigenvalue weighted by Crippen LogP contribution is -2.30. The number of carbonyl (C=O) groups is 1. The highest BCUT2D eigenvalue weighted by Crippen LogP contribution is 2.48. The fourth-order valence-electron chi connectivity index (χ4n) is 2.76. The Morgan fingerprint density at radius 1 is 1.18 bits per heavy atom. The van der Waals surface area contributed by atoms with Gasteiger partial charge in [-0.2, -0.15) is 0 Å². The maximum Gasteiger partial charge on any atom is 0.358 e. The molecule has 0 radical (unpaired) electrons. The maximum absolute atomic E-state index is 11.4. The molecule has 22 heavy (non-hydrogen) atoms. The first kappa shape index (κ1) is 14.5. The van der Waals surface area contributed by atoms with Crippen molar-refractivity contribution in [3.63, 3.8) is 0 Å². The minimum absolute atomic E-state index is 0.221. The molecule has 1 aliphatic carbocycles. The van der Waals surface area contributed by atoms with Gasteiger partial charge in [-0.3, -0.25) is 0 Å². The molecule has 3 rings (SSSR count). The highest BCUT2D eigenvalue weighted by molar-refractivity contribution is 5.86. The van der Waals surface area contributed by atoms with Crippen molar-refractivity contribution in [2.75, 3.05) is 25.6 Å². The molecule has 1 saturated carbocycles. The molecule has 5 heteroatoms. The van der Waals surface area contributed by atoms with Gasteiger partial charge in [-0.05, 0) is 30.5 Å². The monoisotopic (exact) mass is 297 g/mol. The summed E-state index contributed by atoms with van der Waals surface area (Å²) in [6, 6.07) is 14.0. The molecular weight excluding hydrogens is 278 g/mol. The zero-order valence-corrected chi connectivity index (χ0v) is 12.8. The largest absolute Gasteiger partial charge is 0.464 e. The van der Waals surface area contributed by atoms with Crippen LogP contribution in [0.3, 0.4) is 0 Å². The number of methoxy groups -OCH3 is 1. The average molecular weight is 297 g/mol. The van der Waals surface area contributed by atoms with E-state index in [1.165, 1.54) is 25.5 Å². The quantitative estimate of drug-likeness (QED) is 0.793. The van der Waals surface area contributed by atoms with Crippen LogP contribution in [-0.4, -0.2) is 36.9 Å². The van der Waals surface area contributed by atoms with Crippen LogP contribution in [0.2, 0.25) is 0 Å². The Labute approximate surface area is 129 Å². The number of likely N-dealkylation sites (N-methyl/N-ethyl adjacent to an activating group) is 1. The second-order valence-corrected chi connectivity index (χ2v) is 5.77. The number of ether oxygens (including phenoxy) is 1. The molecule has 1 aromatic heterocycles. The van der Waals surface area contributed by atoms with E-state index in [1.54, 1.807) is 12.1 Å². The van der Waals surface area contributed by atoms with Crippen molar-refractivity contribution in [2.45, 2.75) is 18.3 Å². The summed E-state index contributed by atoms with van der Waals surface area (Å²) in [5.41, 5.74) is 1.82. The molecule has 0 saturated heterocycles. The van der Waals surface area contributed by atoms with Crippen LogP contribution in [0.25, 0.3) is 0 Å². The van der Waals surface area contributed by atoms with Crippen molar-refractivity contribution in [1.82, 2.24) is 10.2 Å². The van der Waals surface area contributed by atoms with Crippen molar-refractivity contribution in [3.8, 4) is 0 Å². The van der Waals surface area contributed by atoms with Gasteiger partial charge < -0.3 is 9.64 Å². The van der Waals surface area contributed by atoms with Crippen LogP contribution in [0.1, 0.15) is 28.9 Å². The first-order valence-electron chi connectivity index (χ1n) is 7.33. The van der Waals surface area contributed by atoms with E-state index in [1.807, 2.05) is 13.1 Å². The SMILES string of the molecule is COC(=O)c1ccc(N(C)CC2(c3ccccc3)CC2)nn1. The van der Waals surface area contributed by atoms with Crippen molar-refractivity contribution >= 4 is 11.8 Å². The predicted molar refractivity (Wildman–Crippen MR) is 84.0 cm³/mol. The van der Waals surface area contributed by atoms with Gasteiger partial charge >= 0.3 is 5.97 Å². The van der Waals surface area contributed by atoms with Gasteiger partial charge in [-0.25, -0.2) is 4.79 Å². The van der Waals surface area contributed by atoms with Crippen LogP contribution in [0.4, 0.5) is 5.82 Å². The molecule has 2 aromatic rings. The first-order valence-corrected chi connectivity index (χ1v) is 7.33. The maximum atomic E-state index is 11.4. The van der Waals surface area contributed by atoms with E-state index in [2.05, 4.69) is 44.1 Å². The van der Waals surface area contributed by atoms with E-state index in [9.17, 15) is 4.79 Å².